The first kappa shape index (κ1) is 13.4. The van der Waals surface area contributed by atoms with Crippen molar-refractivity contribution in [1.29, 1.82) is 0 Å². The standard InChI is InChI=1S/C15H26N3O/c19-15(4-3-12-2-1-7-16-10-12)17-14-11-18-8-5-13(14)6-9-18/h12-14H,1-11H2,(H,17,19). The maximum Gasteiger partial charge on any atom is 0.220 e. The molecule has 0 aliphatic carbocycles. The van der Waals surface area contributed by atoms with Crippen LogP contribution in [-0.2, 0) is 4.79 Å². The number of amides is 1. The summed E-state index contributed by atoms with van der Waals surface area (Å²) in [7, 11) is 0. The lowest BCUT2D eigenvalue weighted by molar-refractivity contribution is -0.123. The fraction of sp³-hybridized carbons (Fsp3) is 0.933. The molecule has 2 atom stereocenters. The quantitative estimate of drug-likeness (QED) is 0.823. The zero-order valence-corrected chi connectivity index (χ0v) is 11.8. The Bertz CT molecular complexity index is 307. The zero-order chi connectivity index (χ0) is 13.1. The summed E-state index contributed by atoms with van der Waals surface area (Å²) in [5.41, 5.74) is 0. The van der Waals surface area contributed by atoms with Gasteiger partial charge in [-0.05, 0) is 57.0 Å². The molecule has 1 amide bonds. The molecule has 4 aliphatic rings. The molecule has 0 spiro atoms. The van der Waals surface area contributed by atoms with Crippen molar-refractivity contribution in [3.05, 3.63) is 0 Å². The fourth-order valence-electron chi connectivity index (χ4n) is 3.84. The van der Waals surface area contributed by atoms with Crippen molar-refractivity contribution >= 4 is 5.91 Å². The SMILES string of the molecule is O=C(CCC1CCC[N]C1)NC1CN2CCC1CC2. The van der Waals surface area contributed by atoms with E-state index in [0.29, 0.717) is 18.4 Å². The third-order valence-electron chi connectivity index (χ3n) is 5.10. The number of fused-ring (bicyclic) bond motifs is 3. The average Bonchev–Trinajstić information content (AvgIpc) is 2.47. The number of hydrogen-bond donors (Lipinski definition) is 1. The van der Waals surface area contributed by atoms with Crippen LogP contribution in [-0.4, -0.2) is 49.6 Å². The lowest BCUT2D eigenvalue weighted by Crippen LogP contribution is -2.57. The average molecular weight is 264 g/mol. The van der Waals surface area contributed by atoms with E-state index in [2.05, 4.69) is 15.5 Å². The predicted molar refractivity (Wildman–Crippen MR) is 74.9 cm³/mol. The molecule has 107 valence electrons. The number of piperidine rings is 4. The number of hydrogen-bond acceptors (Lipinski definition) is 2. The molecule has 4 rings (SSSR count). The van der Waals surface area contributed by atoms with Gasteiger partial charge in [-0.3, -0.25) is 4.79 Å². The third kappa shape index (κ3) is 3.48. The Balaban J connectivity index is 1.39. The second-order valence-corrected chi connectivity index (χ2v) is 6.49. The van der Waals surface area contributed by atoms with E-state index >= 15 is 0 Å². The first-order valence-electron chi connectivity index (χ1n) is 7.96. The number of nitrogens with one attached hydrogen (secondary N) is 1. The van der Waals surface area contributed by atoms with Gasteiger partial charge in [0.1, 0.15) is 0 Å². The van der Waals surface area contributed by atoms with Gasteiger partial charge in [0.05, 0.1) is 0 Å². The van der Waals surface area contributed by atoms with Crippen molar-refractivity contribution in [2.75, 3.05) is 32.7 Å². The molecule has 19 heavy (non-hydrogen) atoms. The third-order valence-corrected chi connectivity index (χ3v) is 5.10. The van der Waals surface area contributed by atoms with Crippen LogP contribution in [0.15, 0.2) is 0 Å². The molecule has 4 heterocycles. The van der Waals surface area contributed by atoms with Crippen molar-refractivity contribution < 1.29 is 4.79 Å². The summed E-state index contributed by atoms with van der Waals surface area (Å²) in [5.74, 6) is 1.66. The highest BCUT2D eigenvalue weighted by Crippen LogP contribution is 2.27. The van der Waals surface area contributed by atoms with Crippen LogP contribution >= 0.6 is 0 Å². The van der Waals surface area contributed by atoms with Gasteiger partial charge in [-0.1, -0.05) is 0 Å². The highest BCUT2D eigenvalue weighted by Gasteiger charge is 2.34. The molecule has 1 N–H and O–H groups in total. The van der Waals surface area contributed by atoms with Crippen LogP contribution in [0.4, 0.5) is 0 Å². The molecule has 4 saturated heterocycles. The summed E-state index contributed by atoms with van der Waals surface area (Å²) < 4.78 is 0. The molecule has 0 saturated carbocycles. The molecule has 0 aromatic heterocycles. The van der Waals surface area contributed by atoms with Crippen LogP contribution in [0, 0.1) is 11.8 Å². The Kier molecular flexibility index (Phi) is 4.38. The Morgan fingerprint density at radius 3 is 2.74 bits per heavy atom. The molecule has 0 aromatic rings. The first-order valence-corrected chi connectivity index (χ1v) is 7.96. The molecule has 4 fully saturated rings. The maximum absolute atomic E-state index is 12.1. The Morgan fingerprint density at radius 1 is 1.26 bits per heavy atom. The van der Waals surface area contributed by atoms with Gasteiger partial charge in [0, 0.05) is 32.1 Å². The zero-order valence-electron chi connectivity index (χ0n) is 11.8. The minimum Gasteiger partial charge on any atom is -0.352 e. The smallest absolute Gasteiger partial charge is 0.220 e. The minimum absolute atomic E-state index is 0.268. The summed E-state index contributed by atoms with van der Waals surface area (Å²) in [6, 6.07) is 0.422. The van der Waals surface area contributed by atoms with E-state index in [9.17, 15) is 4.79 Å². The normalized spacial score (nSPS) is 38.1. The predicted octanol–water partition coefficient (Wildman–Crippen LogP) is 0.991. The van der Waals surface area contributed by atoms with Gasteiger partial charge < -0.3 is 10.2 Å². The number of nitrogens with zero attached hydrogens (tertiary/aromatic N) is 2. The second kappa shape index (κ2) is 6.23. The van der Waals surface area contributed by atoms with Gasteiger partial charge in [-0.2, -0.15) is 0 Å². The molecule has 4 aliphatic heterocycles. The maximum atomic E-state index is 12.1. The highest BCUT2D eigenvalue weighted by atomic mass is 16.1. The topological polar surface area (TPSA) is 46.4 Å². The monoisotopic (exact) mass is 264 g/mol. The summed E-state index contributed by atoms with van der Waals surface area (Å²) in [6.07, 6.45) is 6.74. The Morgan fingerprint density at radius 2 is 2.11 bits per heavy atom. The first-order chi connectivity index (χ1) is 9.31. The summed E-state index contributed by atoms with van der Waals surface area (Å²) in [5, 5.41) is 7.72. The molecule has 1 radical (unpaired) electrons. The van der Waals surface area contributed by atoms with Gasteiger partial charge >= 0.3 is 0 Å². The largest absolute Gasteiger partial charge is 0.352 e. The van der Waals surface area contributed by atoms with E-state index < -0.39 is 0 Å². The summed E-state index contributed by atoms with van der Waals surface area (Å²) in [4.78, 5) is 14.6. The van der Waals surface area contributed by atoms with Crippen LogP contribution in [0.2, 0.25) is 0 Å². The number of carbonyl (C=O) groups excluding carboxylic acids is 1. The fourth-order valence-corrected chi connectivity index (χ4v) is 3.84. The molecular formula is C15H26N3O. The van der Waals surface area contributed by atoms with E-state index in [0.717, 1.165) is 32.0 Å². The van der Waals surface area contributed by atoms with E-state index in [1.807, 2.05) is 0 Å². The van der Waals surface area contributed by atoms with Crippen LogP contribution in [0.1, 0.15) is 38.5 Å². The molecular weight excluding hydrogens is 238 g/mol. The van der Waals surface area contributed by atoms with Crippen molar-refractivity contribution in [2.45, 2.75) is 44.6 Å². The van der Waals surface area contributed by atoms with E-state index in [1.54, 1.807) is 0 Å². The Hall–Kier alpha value is -0.610. The second-order valence-electron chi connectivity index (χ2n) is 6.49. The van der Waals surface area contributed by atoms with Crippen molar-refractivity contribution in [3.63, 3.8) is 0 Å². The van der Waals surface area contributed by atoms with Crippen LogP contribution in [0.25, 0.3) is 0 Å². The lowest BCUT2D eigenvalue weighted by atomic mass is 9.84. The van der Waals surface area contributed by atoms with E-state index in [-0.39, 0.29) is 5.91 Å². The van der Waals surface area contributed by atoms with Crippen molar-refractivity contribution in [1.82, 2.24) is 15.5 Å². The Labute approximate surface area is 116 Å². The molecule has 2 unspecified atom stereocenters. The molecule has 4 nitrogen and oxygen atoms in total. The van der Waals surface area contributed by atoms with Gasteiger partial charge in [0.15, 0.2) is 0 Å². The number of carbonyl (C=O) groups is 1. The van der Waals surface area contributed by atoms with Gasteiger partial charge in [-0.15, -0.1) is 0 Å². The highest BCUT2D eigenvalue weighted by molar-refractivity contribution is 5.76. The van der Waals surface area contributed by atoms with Gasteiger partial charge in [0.2, 0.25) is 5.91 Å². The molecule has 2 bridgehead atoms. The van der Waals surface area contributed by atoms with E-state index in [1.165, 1.54) is 38.8 Å². The minimum atomic E-state index is 0.268. The molecule has 0 aromatic carbocycles. The van der Waals surface area contributed by atoms with Crippen LogP contribution < -0.4 is 10.6 Å². The summed E-state index contributed by atoms with van der Waals surface area (Å²) in [6.45, 7) is 5.56. The lowest BCUT2D eigenvalue weighted by Gasteiger charge is -2.45. The van der Waals surface area contributed by atoms with Crippen molar-refractivity contribution in [2.24, 2.45) is 11.8 Å². The van der Waals surface area contributed by atoms with Crippen LogP contribution in [0.5, 0.6) is 0 Å². The van der Waals surface area contributed by atoms with Gasteiger partial charge in [0.25, 0.3) is 0 Å². The van der Waals surface area contributed by atoms with Crippen LogP contribution in [0.3, 0.4) is 0 Å². The van der Waals surface area contributed by atoms with E-state index in [4.69, 9.17) is 0 Å². The van der Waals surface area contributed by atoms with Gasteiger partial charge in [-0.25, -0.2) is 5.32 Å². The summed E-state index contributed by atoms with van der Waals surface area (Å²) >= 11 is 0. The van der Waals surface area contributed by atoms with Crippen molar-refractivity contribution in [3.8, 4) is 0 Å². The number of rotatable bonds is 4. The molecule has 4 heteroatoms.